The van der Waals surface area contributed by atoms with Crippen LogP contribution in [0.25, 0.3) is 10.2 Å². The van der Waals surface area contributed by atoms with Crippen LogP contribution in [0.4, 0.5) is 4.79 Å². The number of amides is 3. The third kappa shape index (κ3) is 2.50. The predicted octanol–water partition coefficient (Wildman–Crippen LogP) is 1.03. The molecule has 22 heavy (non-hydrogen) atoms. The van der Waals surface area contributed by atoms with Crippen molar-refractivity contribution >= 4 is 45.3 Å². The predicted molar refractivity (Wildman–Crippen MR) is 85.3 cm³/mol. The molecule has 0 unspecified atom stereocenters. The van der Waals surface area contributed by atoms with Gasteiger partial charge in [-0.3, -0.25) is 19.1 Å². The van der Waals surface area contributed by atoms with Gasteiger partial charge in [-0.1, -0.05) is 11.8 Å². The molecular formula is C13H14N4O3S2. The maximum absolute atomic E-state index is 12.3. The van der Waals surface area contributed by atoms with Crippen molar-refractivity contribution in [2.45, 2.75) is 17.3 Å². The second kappa shape index (κ2) is 5.73. The average Bonchev–Trinajstić information content (AvgIpc) is 3.12. The minimum atomic E-state index is -0.502. The van der Waals surface area contributed by atoms with Crippen LogP contribution < -0.4 is 10.9 Å². The highest BCUT2D eigenvalue weighted by molar-refractivity contribution is 8.00. The van der Waals surface area contributed by atoms with E-state index in [0.717, 1.165) is 0 Å². The van der Waals surface area contributed by atoms with Gasteiger partial charge in [-0.05, 0) is 18.4 Å². The van der Waals surface area contributed by atoms with Crippen molar-refractivity contribution in [1.82, 2.24) is 19.8 Å². The zero-order chi connectivity index (χ0) is 15.9. The molecule has 1 fully saturated rings. The van der Waals surface area contributed by atoms with E-state index >= 15 is 0 Å². The number of imide groups is 1. The number of carbonyl (C=O) groups excluding carboxylic acids is 2. The number of nitrogens with zero attached hydrogens (tertiary/aromatic N) is 3. The van der Waals surface area contributed by atoms with Gasteiger partial charge in [0.05, 0.1) is 10.8 Å². The normalized spacial score (nSPS) is 16.1. The number of thiophene rings is 1. The third-order valence-corrected chi connectivity index (χ3v) is 5.42. The van der Waals surface area contributed by atoms with Gasteiger partial charge in [-0.25, -0.2) is 9.78 Å². The monoisotopic (exact) mass is 338 g/mol. The Labute approximate surface area is 134 Å². The molecule has 0 radical (unpaired) electrons. The van der Waals surface area contributed by atoms with Crippen LogP contribution in [0.15, 0.2) is 21.4 Å². The summed E-state index contributed by atoms with van der Waals surface area (Å²) in [4.78, 5) is 41.7. The van der Waals surface area contributed by atoms with Crippen LogP contribution in [0.5, 0.6) is 0 Å². The molecule has 1 N–H and O–H groups in total. The summed E-state index contributed by atoms with van der Waals surface area (Å²) in [6, 6.07) is 1.42. The molecule has 1 aliphatic rings. The summed E-state index contributed by atoms with van der Waals surface area (Å²) in [6.45, 7) is 2.56. The Morgan fingerprint density at radius 2 is 2.27 bits per heavy atom. The standard InChI is InChI=1S/C13H14N4O3S2/c1-7(10(18)17-5-4-14-12(17)20)22-13-15-8-3-6-21-9(8)11(19)16(13)2/h3,6-7H,4-5H2,1-2H3,(H,14,20)/t7-/m1/s1. The van der Waals surface area contributed by atoms with Crippen LogP contribution in [0.1, 0.15) is 6.92 Å². The average molecular weight is 338 g/mol. The summed E-state index contributed by atoms with van der Waals surface area (Å²) >= 11 is 2.53. The Morgan fingerprint density at radius 1 is 1.50 bits per heavy atom. The molecule has 9 heteroatoms. The Bertz CT molecular complexity index is 813. The van der Waals surface area contributed by atoms with E-state index in [9.17, 15) is 14.4 Å². The summed E-state index contributed by atoms with van der Waals surface area (Å²) in [5.41, 5.74) is 0.509. The quantitative estimate of drug-likeness (QED) is 0.667. The lowest BCUT2D eigenvalue weighted by atomic mass is 10.4. The fourth-order valence-electron chi connectivity index (χ4n) is 2.18. The molecule has 0 aromatic carbocycles. The fourth-order valence-corrected chi connectivity index (χ4v) is 3.92. The second-order valence-corrected chi connectivity index (χ2v) is 7.10. The van der Waals surface area contributed by atoms with E-state index in [1.807, 2.05) is 5.38 Å². The molecule has 2 aromatic rings. The molecule has 116 valence electrons. The van der Waals surface area contributed by atoms with E-state index in [-0.39, 0.29) is 17.5 Å². The molecule has 3 amide bonds. The first-order valence-corrected chi connectivity index (χ1v) is 8.45. The molecule has 0 aliphatic carbocycles. The largest absolute Gasteiger partial charge is 0.336 e. The van der Waals surface area contributed by atoms with Crippen LogP contribution in [0, 0.1) is 0 Å². The molecule has 0 saturated carbocycles. The molecule has 1 aliphatic heterocycles. The fraction of sp³-hybridized carbons (Fsp3) is 0.385. The highest BCUT2D eigenvalue weighted by Gasteiger charge is 2.30. The summed E-state index contributed by atoms with van der Waals surface area (Å²) in [7, 11) is 1.64. The number of thioether (sulfide) groups is 1. The number of urea groups is 1. The topological polar surface area (TPSA) is 84.3 Å². The molecule has 7 nitrogen and oxygen atoms in total. The van der Waals surface area contributed by atoms with Crippen molar-refractivity contribution in [2.24, 2.45) is 7.05 Å². The minimum Gasteiger partial charge on any atom is -0.336 e. The first-order chi connectivity index (χ1) is 10.5. The van der Waals surface area contributed by atoms with Gasteiger partial charge in [0.2, 0.25) is 5.91 Å². The van der Waals surface area contributed by atoms with Crippen LogP contribution >= 0.6 is 23.1 Å². The first kappa shape index (κ1) is 15.0. The van der Waals surface area contributed by atoms with E-state index in [4.69, 9.17) is 0 Å². The summed E-state index contributed by atoms with van der Waals surface area (Å²) in [5.74, 6) is -0.278. The number of rotatable bonds is 3. The molecule has 1 saturated heterocycles. The van der Waals surface area contributed by atoms with Crippen LogP contribution in [0.3, 0.4) is 0 Å². The molecule has 3 rings (SSSR count). The lowest BCUT2D eigenvalue weighted by Gasteiger charge is -2.17. The summed E-state index contributed by atoms with van der Waals surface area (Å²) in [5, 5.41) is 4.38. The van der Waals surface area contributed by atoms with Gasteiger partial charge in [0, 0.05) is 20.1 Å². The van der Waals surface area contributed by atoms with Gasteiger partial charge >= 0.3 is 6.03 Å². The molecular weight excluding hydrogens is 324 g/mol. The van der Waals surface area contributed by atoms with Crippen LogP contribution in [0.2, 0.25) is 0 Å². The van der Waals surface area contributed by atoms with E-state index in [2.05, 4.69) is 10.3 Å². The van der Waals surface area contributed by atoms with E-state index < -0.39 is 5.25 Å². The van der Waals surface area contributed by atoms with Crippen molar-refractivity contribution in [3.05, 3.63) is 21.8 Å². The number of nitrogens with one attached hydrogen (secondary N) is 1. The Kier molecular flexibility index (Phi) is 3.92. The Hall–Kier alpha value is -1.87. The van der Waals surface area contributed by atoms with E-state index in [0.29, 0.717) is 28.5 Å². The highest BCUT2D eigenvalue weighted by atomic mass is 32.2. The van der Waals surface area contributed by atoms with Crippen molar-refractivity contribution in [3.63, 3.8) is 0 Å². The van der Waals surface area contributed by atoms with Crippen molar-refractivity contribution < 1.29 is 9.59 Å². The third-order valence-electron chi connectivity index (χ3n) is 3.40. The van der Waals surface area contributed by atoms with Gasteiger partial charge in [0.15, 0.2) is 5.16 Å². The smallest absolute Gasteiger partial charge is 0.324 e. The molecule has 1 atom stereocenters. The van der Waals surface area contributed by atoms with E-state index in [1.54, 1.807) is 20.0 Å². The van der Waals surface area contributed by atoms with Crippen molar-refractivity contribution in [3.8, 4) is 0 Å². The maximum atomic E-state index is 12.3. The minimum absolute atomic E-state index is 0.124. The zero-order valence-electron chi connectivity index (χ0n) is 12.0. The lowest BCUT2D eigenvalue weighted by Crippen LogP contribution is -2.39. The van der Waals surface area contributed by atoms with Crippen LogP contribution in [-0.2, 0) is 11.8 Å². The molecule has 2 aromatic heterocycles. The molecule has 0 spiro atoms. The number of fused-ring (bicyclic) bond motifs is 1. The number of carbonyl (C=O) groups is 2. The molecule has 0 bridgehead atoms. The Morgan fingerprint density at radius 3 is 2.95 bits per heavy atom. The van der Waals surface area contributed by atoms with Gasteiger partial charge in [-0.15, -0.1) is 11.3 Å². The SMILES string of the molecule is C[C@@H](Sc1nc2ccsc2c(=O)n1C)C(=O)N1CCNC1=O. The van der Waals surface area contributed by atoms with Gasteiger partial charge < -0.3 is 5.32 Å². The summed E-state index contributed by atoms with van der Waals surface area (Å²) < 4.78 is 2.04. The van der Waals surface area contributed by atoms with E-state index in [1.165, 1.54) is 32.6 Å². The number of hydrogen-bond acceptors (Lipinski definition) is 6. The second-order valence-electron chi connectivity index (χ2n) is 4.88. The van der Waals surface area contributed by atoms with Crippen LogP contribution in [-0.4, -0.2) is 44.7 Å². The molecule has 3 heterocycles. The number of hydrogen-bond donors (Lipinski definition) is 1. The Balaban J connectivity index is 1.86. The van der Waals surface area contributed by atoms with Crippen molar-refractivity contribution in [1.29, 1.82) is 0 Å². The van der Waals surface area contributed by atoms with Crippen molar-refractivity contribution in [2.75, 3.05) is 13.1 Å². The van der Waals surface area contributed by atoms with Gasteiger partial charge in [0.25, 0.3) is 5.56 Å². The first-order valence-electron chi connectivity index (χ1n) is 6.69. The van der Waals surface area contributed by atoms with Gasteiger partial charge in [-0.2, -0.15) is 0 Å². The summed E-state index contributed by atoms with van der Waals surface area (Å²) in [6.07, 6.45) is 0. The maximum Gasteiger partial charge on any atom is 0.324 e. The van der Waals surface area contributed by atoms with Gasteiger partial charge in [0.1, 0.15) is 4.70 Å². The highest BCUT2D eigenvalue weighted by Crippen LogP contribution is 2.25. The lowest BCUT2D eigenvalue weighted by molar-refractivity contribution is -0.126. The zero-order valence-corrected chi connectivity index (χ0v) is 13.7. The number of aromatic nitrogens is 2.